The number of carbonyl (C=O) groups excluding carboxylic acids is 2. The van der Waals surface area contributed by atoms with E-state index in [0.717, 1.165) is 6.07 Å². The molecule has 1 fully saturated rings. The maximum atomic E-state index is 14.5. The lowest BCUT2D eigenvalue weighted by molar-refractivity contribution is -0.122. The van der Waals surface area contributed by atoms with E-state index >= 15 is 0 Å². The fourth-order valence-corrected chi connectivity index (χ4v) is 5.13. The first-order chi connectivity index (χ1) is 14.1. The quantitative estimate of drug-likeness (QED) is 0.693. The van der Waals surface area contributed by atoms with E-state index in [1.165, 1.54) is 34.6 Å². The van der Waals surface area contributed by atoms with E-state index in [9.17, 15) is 22.4 Å². The van der Waals surface area contributed by atoms with Gasteiger partial charge in [0.25, 0.3) is 5.91 Å². The molecule has 1 aliphatic heterocycles. The van der Waals surface area contributed by atoms with Gasteiger partial charge in [-0.2, -0.15) is 4.31 Å². The molecular formula is C19H18Cl2FN3O4S. The van der Waals surface area contributed by atoms with Crippen LogP contribution in [0.25, 0.3) is 0 Å². The Morgan fingerprint density at radius 1 is 1.10 bits per heavy atom. The summed E-state index contributed by atoms with van der Waals surface area (Å²) in [6.45, 7) is 0.232. The molecule has 0 bridgehead atoms. The number of primary amides is 1. The number of rotatable bonds is 5. The second-order valence-corrected chi connectivity index (χ2v) is 9.58. The van der Waals surface area contributed by atoms with E-state index < -0.39 is 27.7 Å². The Labute approximate surface area is 183 Å². The Morgan fingerprint density at radius 3 is 2.33 bits per heavy atom. The molecule has 11 heteroatoms. The Morgan fingerprint density at radius 2 is 1.77 bits per heavy atom. The molecule has 2 aromatic rings. The van der Waals surface area contributed by atoms with Crippen molar-refractivity contribution in [1.29, 1.82) is 0 Å². The van der Waals surface area contributed by atoms with Crippen molar-refractivity contribution in [2.45, 2.75) is 17.7 Å². The van der Waals surface area contributed by atoms with Gasteiger partial charge in [-0.1, -0.05) is 23.2 Å². The van der Waals surface area contributed by atoms with Crippen LogP contribution in [0.4, 0.5) is 10.1 Å². The van der Waals surface area contributed by atoms with Crippen LogP contribution in [-0.2, 0) is 14.8 Å². The normalized spacial score (nSPS) is 15.7. The molecule has 0 aromatic heterocycles. The fourth-order valence-electron chi connectivity index (χ4n) is 3.15. The highest BCUT2D eigenvalue weighted by Gasteiger charge is 2.31. The van der Waals surface area contributed by atoms with Gasteiger partial charge in [-0.05, 0) is 49.2 Å². The number of nitrogens with one attached hydrogen (secondary N) is 1. The Bertz CT molecular complexity index is 1100. The number of nitrogens with zero attached hydrogens (tertiary/aromatic N) is 1. The summed E-state index contributed by atoms with van der Waals surface area (Å²) in [4.78, 5) is 23.3. The van der Waals surface area contributed by atoms with Crippen LogP contribution >= 0.6 is 23.2 Å². The van der Waals surface area contributed by atoms with Crippen molar-refractivity contribution in [1.82, 2.24) is 4.31 Å². The Kier molecular flexibility index (Phi) is 6.66. The zero-order valence-corrected chi connectivity index (χ0v) is 17.9. The van der Waals surface area contributed by atoms with E-state index in [1.807, 2.05) is 0 Å². The average molecular weight is 474 g/mol. The minimum Gasteiger partial charge on any atom is -0.369 e. The molecular weight excluding hydrogens is 456 g/mol. The second kappa shape index (κ2) is 8.89. The first-order valence-electron chi connectivity index (χ1n) is 8.95. The molecule has 0 atom stereocenters. The number of halogens is 3. The van der Waals surface area contributed by atoms with Gasteiger partial charge in [0.2, 0.25) is 15.9 Å². The largest absolute Gasteiger partial charge is 0.369 e. The van der Waals surface area contributed by atoms with E-state index in [-0.39, 0.29) is 40.2 Å². The number of carbonyl (C=O) groups is 2. The van der Waals surface area contributed by atoms with Crippen LogP contribution in [0.5, 0.6) is 0 Å². The van der Waals surface area contributed by atoms with Crippen LogP contribution in [0.1, 0.15) is 23.2 Å². The standard InChI is InChI=1S/C19H18Cl2FN3O4S/c20-12-1-3-14(15(21)9-12)19(27)24-17-4-2-13(10-16(17)22)30(28,29)25-7-5-11(6-8-25)18(23)26/h1-4,9-11H,5-8H2,(H2,23,26)(H,24,27). The highest BCUT2D eigenvalue weighted by atomic mass is 35.5. The lowest BCUT2D eigenvalue weighted by atomic mass is 9.98. The fraction of sp³-hybridized carbons (Fsp3) is 0.263. The number of benzene rings is 2. The second-order valence-electron chi connectivity index (χ2n) is 6.80. The number of hydrogen-bond acceptors (Lipinski definition) is 4. The van der Waals surface area contributed by atoms with Crippen molar-refractivity contribution < 1.29 is 22.4 Å². The van der Waals surface area contributed by atoms with Gasteiger partial charge in [-0.15, -0.1) is 0 Å². The van der Waals surface area contributed by atoms with Crippen LogP contribution in [0.15, 0.2) is 41.3 Å². The molecule has 0 saturated carbocycles. The molecule has 2 aromatic carbocycles. The molecule has 1 heterocycles. The number of piperidine rings is 1. The zero-order chi connectivity index (χ0) is 22.1. The first-order valence-corrected chi connectivity index (χ1v) is 11.1. The van der Waals surface area contributed by atoms with Crippen molar-refractivity contribution in [3.05, 3.63) is 57.8 Å². The summed E-state index contributed by atoms with van der Waals surface area (Å²) in [7, 11) is -3.95. The highest BCUT2D eigenvalue weighted by molar-refractivity contribution is 7.89. The number of sulfonamides is 1. The van der Waals surface area contributed by atoms with Crippen LogP contribution in [-0.4, -0.2) is 37.6 Å². The number of anilines is 1. The maximum Gasteiger partial charge on any atom is 0.257 e. The third kappa shape index (κ3) is 4.75. The van der Waals surface area contributed by atoms with Gasteiger partial charge in [0.05, 0.1) is 21.2 Å². The average Bonchev–Trinajstić information content (AvgIpc) is 2.69. The molecule has 0 spiro atoms. The van der Waals surface area contributed by atoms with Gasteiger partial charge in [0, 0.05) is 24.0 Å². The predicted octanol–water partition coefficient (Wildman–Crippen LogP) is 3.27. The minimum absolute atomic E-state index is 0.0921. The number of hydrogen-bond donors (Lipinski definition) is 2. The van der Waals surface area contributed by atoms with E-state index in [2.05, 4.69) is 5.32 Å². The highest BCUT2D eigenvalue weighted by Crippen LogP contribution is 2.27. The summed E-state index contributed by atoms with van der Waals surface area (Å²) in [5.74, 6) is -2.41. The van der Waals surface area contributed by atoms with Gasteiger partial charge in [0.1, 0.15) is 5.82 Å². The molecule has 2 amide bonds. The topological polar surface area (TPSA) is 110 Å². The molecule has 160 valence electrons. The van der Waals surface area contributed by atoms with E-state index in [1.54, 1.807) is 0 Å². The Balaban J connectivity index is 1.76. The van der Waals surface area contributed by atoms with Crippen molar-refractivity contribution in [2.24, 2.45) is 11.7 Å². The smallest absolute Gasteiger partial charge is 0.257 e. The molecule has 0 radical (unpaired) electrons. The Hall–Kier alpha value is -2.20. The van der Waals surface area contributed by atoms with Gasteiger partial charge in [-0.3, -0.25) is 9.59 Å². The lowest BCUT2D eigenvalue weighted by Gasteiger charge is -2.29. The summed E-state index contributed by atoms with van der Waals surface area (Å²) in [5.41, 5.74) is 5.16. The molecule has 1 aliphatic rings. The first kappa shape index (κ1) is 22.5. The summed E-state index contributed by atoms with van der Waals surface area (Å²) < 4.78 is 41.3. The van der Waals surface area contributed by atoms with Crippen LogP contribution in [0, 0.1) is 11.7 Å². The van der Waals surface area contributed by atoms with Gasteiger partial charge < -0.3 is 11.1 Å². The van der Waals surface area contributed by atoms with E-state index in [0.29, 0.717) is 17.9 Å². The molecule has 0 aliphatic carbocycles. The van der Waals surface area contributed by atoms with E-state index in [4.69, 9.17) is 28.9 Å². The molecule has 7 nitrogen and oxygen atoms in total. The molecule has 1 saturated heterocycles. The van der Waals surface area contributed by atoms with Crippen LogP contribution < -0.4 is 11.1 Å². The zero-order valence-electron chi connectivity index (χ0n) is 15.6. The summed E-state index contributed by atoms with van der Waals surface area (Å²) >= 11 is 11.8. The van der Waals surface area contributed by atoms with Crippen molar-refractivity contribution >= 4 is 50.7 Å². The third-order valence-corrected chi connectivity index (χ3v) is 7.30. The number of nitrogens with two attached hydrogens (primary N) is 1. The van der Waals surface area contributed by atoms with Crippen molar-refractivity contribution in [3.8, 4) is 0 Å². The third-order valence-electron chi connectivity index (χ3n) is 4.86. The molecule has 0 unspecified atom stereocenters. The van der Waals surface area contributed by atoms with Gasteiger partial charge in [0.15, 0.2) is 0 Å². The van der Waals surface area contributed by atoms with Crippen LogP contribution in [0.2, 0.25) is 10.0 Å². The monoisotopic (exact) mass is 473 g/mol. The minimum atomic E-state index is -3.95. The predicted molar refractivity (Wildman–Crippen MR) is 111 cm³/mol. The van der Waals surface area contributed by atoms with Crippen molar-refractivity contribution in [3.63, 3.8) is 0 Å². The lowest BCUT2D eigenvalue weighted by Crippen LogP contribution is -2.41. The van der Waals surface area contributed by atoms with Gasteiger partial charge in [-0.25, -0.2) is 12.8 Å². The summed E-state index contributed by atoms with van der Waals surface area (Å²) in [6, 6.07) is 7.46. The summed E-state index contributed by atoms with van der Waals surface area (Å²) in [6.07, 6.45) is 0.625. The SMILES string of the molecule is NC(=O)C1CCN(S(=O)(=O)c2ccc(NC(=O)c3ccc(Cl)cc3Cl)c(F)c2)CC1. The van der Waals surface area contributed by atoms with Crippen molar-refractivity contribution in [2.75, 3.05) is 18.4 Å². The molecule has 3 N–H and O–H groups in total. The summed E-state index contributed by atoms with van der Waals surface area (Å²) in [5, 5.41) is 2.80. The maximum absolute atomic E-state index is 14.5. The van der Waals surface area contributed by atoms with Gasteiger partial charge >= 0.3 is 0 Å². The molecule has 30 heavy (non-hydrogen) atoms. The van der Waals surface area contributed by atoms with Crippen LogP contribution in [0.3, 0.4) is 0 Å². The molecule has 3 rings (SSSR count). The number of amides is 2.